The molecule has 7 aromatic rings. The van der Waals surface area contributed by atoms with Crippen molar-refractivity contribution in [2.45, 2.75) is 13.8 Å². The maximum absolute atomic E-state index is 2.46. The second kappa shape index (κ2) is 7.31. The second-order valence-electron chi connectivity index (χ2n) is 9.45. The molecule has 0 spiro atoms. The van der Waals surface area contributed by atoms with Crippen molar-refractivity contribution in [3.8, 4) is 11.5 Å². The molecule has 0 saturated heterocycles. The Balaban J connectivity index is 1.68. The molecule has 0 atom stereocenters. The predicted octanol–water partition coefficient (Wildman–Crippen LogP) is 7.32. The third-order valence-corrected chi connectivity index (χ3v) is 7.46. The van der Waals surface area contributed by atoms with Crippen LogP contribution in [0.1, 0.15) is 11.1 Å². The molecule has 4 aromatic carbocycles. The van der Waals surface area contributed by atoms with Crippen LogP contribution in [0.25, 0.3) is 55.1 Å². The van der Waals surface area contributed by atoms with Crippen molar-refractivity contribution in [1.82, 2.24) is 9.13 Å². The molecule has 0 unspecified atom stereocenters. The summed E-state index contributed by atoms with van der Waals surface area (Å²) in [6.07, 6.45) is 2.12. The number of fused-ring (bicyclic) bond motifs is 6. The zero-order chi connectivity index (χ0) is 23.7. The Morgan fingerprint density at radius 3 is 1.91 bits per heavy atom. The van der Waals surface area contributed by atoms with Gasteiger partial charge in [-0.3, -0.25) is 0 Å². The molecule has 0 radical (unpaired) electrons. The maximum Gasteiger partial charge on any atom is 0.286 e. The SMILES string of the molecule is Cc1cccc2c3ccccc3n(-c3ccc4c5ccccc5n(-c5cccc[n+]5C)c4c3C)c12. The molecule has 3 heteroatoms. The zero-order valence-corrected chi connectivity index (χ0v) is 20.2. The molecule has 0 fully saturated rings. The maximum atomic E-state index is 2.46. The first kappa shape index (κ1) is 20.0. The van der Waals surface area contributed by atoms with Gasteiger partial charge in [-0.25, -0.2) is 4.57 Å². The molecule has 0 saturated carbocycles. The van der Waals surface area contributed by atoms with Gasteiger partial charge in [0, 0.05) is 33.2 Å². The van der Waals surface area contributed by atoms with Crippen LogP contribution < -0.4 is 4.57 Å². The normalized spacial score (nSPS) is 11.9. The predicted molar refractivity (Wildman–Crippen MR) is 146 cm³/mol. The van der Waals surface area contributed by atoms with Crippen molar-refractivity contribution >= 4 is 43.6 Å². The van der Waals surface area contributed by atoms with Crippen LogP contribution >= 0.6 is 0 Å². The molecular weight excluding hydrogens is 426 g/mol. The molecule has 0 bridgehead atoms. The van der Waals surface area contributed by atoms with Gasteiger partial charge in [-0.05, 0) is 55.8 Å². The van der Waals surface area contributed by atoms with Crippen molar-refractivity contribution in [2.24, 2.45) is 7.05 Å². The Bertz CT molecular complexity index is 1930. The molecule has 3 aromatic heterocycles. The third-order valence-electron chi connectivity index (χ3n) is 7.46. The number of aryl methyl sites for hydroxylation is 3. The number of aromatic nitrogens is 3. The van der Waals surface area contributed by atoms with Gasteiger partial charge in [-0.2, -0.15) is 4.57 Å². The first-order chi connectivity index (χ1) is 17.1. The number of rotatable bonds is 2. The van der Waals surface area contributed by atoms with E-state index in [1.807, 2.05) is 0 Å². The molecule has 168 valence electrons. The number of benzene rings is 4. The lowest BCUT2D eigenvalue weighted by Gasteiger charge is -2.13. The fourth-order valence-electron chi connectivity index (χ4n) is 5.88. The van der Waals surface area contributed by atoms with E-state index in [1.165, 1.54) is 60.4 Å². The highest BCUT2D eigenvalue weighted by molar-refractivity contribution is 6.13. The van der Waals surface area contributed by atoms with E-state index in [1.54, 1.807) is 0 Å². The van der Waals surface area contributed by atoms with Crippen LogP contribution in [0.5, 0.6) is 0 Å². The summed E-state index contributed by atoms with van der Waals surface area (Å²) >= 11 is 0. The Morgan fingerprint density at radius 1 is 0.543 bits per heavy atom. The summed E-state index contributed by atoms with van der Waals surface area (Å²) in [6.45, 7) is 4.49. The van der Waals surface area contributed by atoms with Gasteiger partial charge < -0.3 is 4.57 Å². The summed E-state index contributed by atoms with van der Waals surface area (Å²) in [6, 6.07) is 35.1. The van der Waals surface area contributed by atoms with Crippen LogP contribution in [0.4, 0.5) is 0 Å². The van der Waals surface area contributed by atoms with E-state index in [4.69, 9.17) is 0 Å². The average molecular weight is 453 g/mol. The van der Waals surface area contributed by atoms with Crippen molar-refractivity contribution in [3.05, 3.63) is 114 Å². The third kappa shape index (κ3) is 2.69. The number of para-hydroxylation sites is 3. The fraction of sp³-hybridized carbons (Fsp3) is 0.0938. The van der Waals surface area contributed by atoms with E-state index >= 15 is 0 Å². The smallest absolute Gasteiger partial charge is 0.286 e. The van der Waals surface area contributed by atoms with Crippen molar-refractivity contribution in [1.29, 1.82) is 0 Å². The van der Waals surface area contributed by atoms with Crippen LogP contribution in [0.2, 0.25) is 0 Å². The van der Waals surface area contributed by atoms with E-state index < -0.39 is 0 Å². The minimum absolute atomic E-state index is 1.15. The molecule has 3 nitrogen and oxygen atoms in total. The van der Waals surface area contributed by atoms with Crippen molar-refractivity contribution < 1.29 is 4.57 Å². The number of nitrogens with zero attached hydrogens (tertiary/aromatic N) is 3. The van der Waals surface area contributed by atoms with Gasteiger partial charge in [-0.1, -0.05) is 54.6 Å². The van der Waals surface area contributed by atoms with Crippen LogP contribution in [0, 0.1) is 13.8 Å². The topological polar surface area (TPSA) is 13.7 Å². The van der Waals surface area contributed by atoms with Gasteiger partial charge in [0.2, 0.25) is 0 Å². The first-order valence-electron chi connectivity index (χ1n) is 12.1. The highest BCUT2D eigenvalue weighted by Crippen LogP contribution is 2.39. The molecule has 7 rings (SSSR count). The Hall–Kier alpha value is -4.37. The quantitative estimate of drug-likeness (QED) is 0.244. The van der Waals surface area contributed by atoms with Gasteiger partial charge >= 0.3 is 0 Å². The number of pyridine rings is 1. The van der Waals surface area contributed by atoms with Gasteiger partial charge in [0.1, 0.15) is 11.0 Å². The van der Waals surface area contributed by atoms with Gasteiger partial charge in [0.25, 0.3) is 5.82 Å². The summed E-state index contributed by atoms with van der Waals surface area (Å²) in [5.74, 6) is 1.15. The van der Waals surface area contributed by atoms with Crippen molar-refractivity contribution in [3.63, 3.8) is 0 Å². The summed E-state index contributed by atoms with van der Waals surface area (Å²) < 4.78 is 7.08. The fourth-order valence-corrected chi connectivity index (χ4v) is 5.88. The zero-order valence-electron chi connectivity index (χ0n) is 20.2. The van der Waals surface area contributed by atoms with Crippen molar-refractivity contribution in [2.75, 3.05) is 0 Å². The second-order valence-corrected chi connectivity index (χ2v) is 9.45. The molecular formula is C32H26N3+. The molecule has 0 aliphatic heterocycles. The summed E-state index contributed by atoms with van der Waals surface area (Å²) in [5, 5.41) is 5.15. The van der Waals surface area contributed by atoms with Gasteiger partial charge in [0.05, 0.1) is 30.0 Å². The van der Waals surface area contributed by atoms with Crippen LogP contribution in [-0.4, -0.2) is 9.13 Å². The first-order valence-corrected chi connectivity index (χ1v) is 12.1. The van der Waals surface area contributed by atoms with E-state index in [2.05, 4.69) is 138 Å². The standard InChI is InChI=1S/C32H26N3/c1-21-11-10-14-25-23-12-4-6-15-28(23)34(31(21)25)27-19-18-26-24-13-5-7-16-29(24)35(32(26)22(27)2)30-17-8-9-20-33(30)3/h4-20H,1-3H3/q+1. The van der Waals surface area contributed by atoms with E-state index in [9.17, 15) is 0 Å². The van der Waals surface area contributed by atoms with E-state index in [0.29, 0.717) is 0 Å². The molecule has 35 heavy (non-hydrogen) atoms. The molecule has 0 aliphatic carbocycles. The molecule has 0 aliphatic rings. The molecule has 0 amide bonds. The Morgan fingerprint density at radius 2 is 1.17 bits per heavy atom. The Labute approximate surface area is 204 Å². The van der Waals surface area contributed by atoms with Crippen LogP contribution in [0.3, 0.4) is 0 Å². The average Bonchev–Trinajstić information content (AvgIpc) is 3.40. The molecule has 3 heterocycles. The lowest BCUT2D eigenvalue weighted by atomic mass is 10.1. The Kier molecular flexibility index (Phi) is 4.19. The minimum atomic E-state index is 1.15. The van der Waals surface area contributed by atoms with Gasteiger partial charge in [-0.15, -0.1) is 0 Å². The number of hydrogen-bond donors (Lipinski definition) is 0. The highest BCUT2D eigenvalue weighted by atomic mass is 15.1. The van der Waals surface area contributed by atoms with E-state index in [-0.39, 0.29) is 0 Å². The summed E-state index contributed by atoms with van der Waals surface area (Å²) in [4.78, 5) is 0. The van der Waals surface area contributed by atoms with Crippen LogP contribution in [0.15, 0.2) is 103 Å². The monoisotopic (exact) mass is 452 g/mol. The summed E-state index contributed by atoms with van der Waals surface area (Å²) in [7, 11) is 2.12. The van der Waals surface area contributed by atoms with E-state index in [0.717, 1.165) is 5.82 Å². The summed E-state index contributed by atoms with van der Waals surface area (Å²) in [5.41, 5.74) is 8.78. The highest BCUT2D eigenvalue weighted by Gasteiger charge is 2.24. The lowest BCUT2D eigenvalue weighted by Crippen LogP contribution is -2.33. The lowest BCUT2D eigenvalue weighted by molar-refractivity contribution is -0.665. The number of hydrogen-bond acceptors (Lipinski definition) is 0. The van der Waals surface area contributed by atoms with Gasteiger partial charge in [0.15, 0.2) is 0 Å². The largest absolute Gasteiger partial charge is 0.309 e. The van der Waals surface area contributed by atoms with Crippen LogP contribution in [-0.2, 0) is 7.05 Å². The minimum Gasteiger partial charge on any atom is -0.309 e. The molecule has 0 N–H and O–H groups in total.